The number of amides is 1. The van der Waals surface area contributed by atoms with Gasteiger partial charge < -0.3 is 5.32 Å². The number of anilines is 1. The van der Waals surface area contributed by atoms with Crippen molar-refractivity contribution >= 4 is 27.5 Å². The number of benzene rings is 1. The summed E-state index contributed by atoms with van der Waals surface area (Å²) in [6.45, 7) is 10.4. The summed E-state index contributed by atoms with van der Waals surface area (Å²) in [6, 6.07) is 7.93. The van der Waals surface area contributed by atoms with Gasteiger partial charge in [0.05, 0.1) is 33.8 Å². The highest BCUT2D eigenvalue weighted by Crippen LogP contribution is 2.23. The lowest BCUT2D eigenvalue weighted by Gasteiger charge is -2.13. The Morgan fingerprint density at radius 3 is 2.56 bits per heavy atom. The fourth-order valence-corrected chi connectivity index (χ4v) is 3.31. The Bertz CT molecular complexity index is 969. The number of carbonyl (C=O) groups excluding carboxylic acids is 1. The third-order valence-electron chi connectivity index (χ3n) is 4.68. The number of carbonyl (C=O) groups is 1. The lowest BCUT2D eigenvalue weighted by molar-refractivity contribution is -0.119. The van der Waals surface area contributed by atoms with E-state index >= 15 is 0 Å². The number of nitrogens with one attached hydrogen (secondary N) is 1. The number of halogens is 1. The first kappa shape index (κ1) is 19.4. The van der Waals surface area contributed by atoms with E-state index < -0.39 is 6.04 Å². The van der Waals surface area contributed by atoms with Crippen molar-refractivity contribution in [2.24, 2.45) is 0 Å². The lowest BCUT2D eigenvalue weighted by Crippen LogP contribution is -2.24. The average molecular weight is 430 g/mol. The van der Waals surface area contributed by atoms with Gasteiger partial charge in [-0.1, -0.05) is 29.8 Å². The first-order valence-corrected chi connectivity index (χ1v) is 9.67. The van der Waals surface area contributed by atoms with Gasteiger partial charge in [-0.3, -0.25) is 14.2 Å². The maximum atomic E-state index is 12.7. The van der Waals surface area contributed by atoms with Crippen LogP contribution < -0.4 is 5.32 Å². The summed E-state index contributed by atoms with van der Waals surface area (Å²) in [5.74, 6) is -0.119. The number of hydrogen-bond donors (Lipinski definition) is 1. The van der Waals surface area contributed by atoms with Crippen LogP contribution in [0.15, 0.2) is 34.9 Å². The van der Waals surface area contributed by atoms with Crippen LogP contribution in [-0.2, 0) is 11.3 Å². The molecule has 0 unspecified atom stereocenters. The number of aryl methyl sites for hydroxylation is 3. The molecule has 0 radical (unpaired) electrons. The normalized spacial score (nSPS) is 12.2. The molecular formula is C20H24BrN5O. The molecule has 1 aromatic carbocycles. The topological polar surface area (TPSA) is 64.7 Å². The molecule has 0 spiro atoms. The fourth-order valence-electron chi connectivity index (χ4n) is 3.02. The summed E-state index contributed by atoms with van der Waals surface area (Å²) in [7, 11) is 0. The van der Waals surface area contributed by atoms with E-state index in [0.717, 1.165) is 27.2 Å². The SMILES string of the molecule is Cc1cccc(Cn2nc(C)c(NC(=O)[C@H](C)n3cc(Br)c(C)n3)c2C)c1. The highest BCUT2D eigenvalue weighted by atomic mass is 79.9. The number of aromatic nitrogens is 4. The molecule has 0 bridgehead atoms. The Hall–Kier alpha value is -2.41. The van der Waals surface area contributed by atoms with Crippen molar-refractivity contribution < 1.29 is 4.79 Å². The van der Waals surface area contributed by atoms with Crippen LogP contribution in [0.25, 0.3) is 0 Å². The van der Waals surface area contributed by atoms with Crippen molar-refractivity contribution in [1.29, 1.82) is 0 Å². The summed E-state index contributed by atoms with van der Waals surface area (Å²) in [6.07, 6.45) is 1.82. The third kappa shape index (κ3) is 4.13. The van der Waals surface area contributed by atoms with Crippen LogP contribution >= 0.6 is 15.9 Å². The second-order valence-electron chi connectivity index (χ2n) is 6.90. The van der Waals surface area contributed by atoms with Gasteiger partial charge in [0.2, 0.25) is 5.91 Å². The van der Waals surface area contributed by atoms with E-state index in [-0.39, 0.29) is 5.91 Å². The maximum Gasteiger partial charge on any atom is 0.249 e. The van der Waals surface area contributed by atoms with E-state index in [9.17, 15) is 4.79 Å². The second kappa shape index (κ2) is 7.68. The van der Waals surface area contributed by atoms with Crippen molar-refractivity contribution in [3.8, 4) is 0 Å². The molecule has 0 fully saturated rings. The Labute approximate surface area is 167 Å². The molecule has 142 valence electrons. The molecule has 0 saturated carbocycles. The van der Waals surface area contributed by atoms with Crippen LogP contribution in [-0.4, -0.2) is 25.5 Å². The maximum absolute atomic E-state index is 12.7. The van der Waals surface area contributed by atoms with E-state index in [4.69, 9.17) is 0 Å². The summed E-state index contributed by atoms with van der Waals surface area (Å²) in [5.41, 5.74) is 5.77. The molecule has 0 aliphatic rings. The Morgan fingerprint density at radius 2 is 1.93 bits per heavy atom. The van der Waals surface area contributed by atoms with Gasteiger partial charge in [0.1, 0.15) is 6.04 Å². The molecule has 1 N–H and O–H groups in total. The second-order valence-corrected chi connectivity index (χ2v) is 7.75. The van der Waals surface area contributed by atoms with Crippen LogP contribution in [0, 0.1) is 27.7 Å². The largest absolute Gasteiger partial charge is 0.321 e. The Balaban J connectivity index is 1.79. The zero-order valence-electron chi connectivity index (χ0n) is 16.2. The molecule has 2 aromatic heterocycles. The minimum atomic E-state index is -0.422. The molecular weight excluding hydrogens is 406 g/mol. The van der Waals surface area contributed by atoms with Gasteiger partial charge in [-0.2, -0.15) is 10.2 Å². The van der Waals surface area contributed by atoms with E-state index in [2.05, 4.69) is 56.6 Å². The Kier molecular flexibility index (Phi) is 5.51. The summed E-state index contributed by atoms with van der Waals surface area (Å²) < 4.78 is 4.48. The summed E-state index contributed by atoms with van der Waals surface area (Å²) in [5, 5.41) is 12.0. The predicted molar refractivity (Wildman–Crippen MR) is 110 cm³/mol. The quantitative estimate of drug-likeness (QED) is 0.656. The van der Waals surface area contributed by atoms with Gasteiger partial charge in [0.25, 0.3) is 0 Å². The smallest absolute Gasteiger partial charge is 0.249 e. The molecule has 6 nitrogen and oxygen atoms in total. The monoisotopic (exact) mass is 429 g/mol. The van der Waals surface area contributed by atoms with E-state index in [0.29, 0.717) is 6.54 Å². The molecule has 2 heterocycles. The molecule has 3 aromatic rings. The van der Waals surface area contributed by atoms with Crippen molar-refractivity contribution in [2.45, 2.75) is 47.2 Å². The van der Waals surface area contributed by atoms with Crippen molar-refractivity contribution in [1.82, 2.24) is 19.6 Å². The minimum Gasteiger partial charge on any atom is -0.321 e. The average Bonchev–Trinajstić information content (AvgIpc) is 3.08. The van der Waals surface area contributed by atoms with Crippen molar-refractivity contribution in [3.05, 3.63) is 63.1 Å². The molecule has 0 aliphatic carbocycles. The highest BCUT2D eigenvalue weighted by molar-refractivity contribution is 9.10. The van der Waals surface area contributed by atoms with Crippen molar-refractivity contribution in [2.75, 3.05) is 5.32 Å². The minimum absolute atomic E-state index is 0.119. The summed E-state index contributed by atoms with van der Waals surface area (Å²) >= 11 is 3.44. The highest BCUT2D eigenvalue weighted by Gasteiger charge is 2.21. The van der Waals surface area contributed by atoms with Crippen LogP contribution in [0.4, 0.5) is 5.69 Å². The fraction of sp³-hybridized carbons (Fsp3) is 0.350. The van der Waals surface area contributed by atoms with Crippen molar-refractivity contribution in [3.63, 3.8) is 0 Å². The van der Waals surface area contributed by atoms with Gasteiger partial charge in [-0.15, -0.1) is 0 Å². The van der Waals surface area contributed by atoms with E-state index in [1.807, 2.05) is 44.6 Å². The van der Waals surface area contributed by atoms with Crippen LogP contribution in [0.5, 0.6) is 0 Å². The van der Waals surface area contributed by atoms with Gasteiger partial charge in [-0.05, 0) is 56.1 Å². The molecule has 0 saturated heterocycles. The van der Waals surface area contributed by atoms with Crippen LogP contribution in [0.2, 0.25) is 0 Å². The summed E-state index contributed by atoms with van der Waals surface area (Å²) in [4.78, 5) is 12.7. The number of hydrogen-bond acceptors (Lipinski definition) is 3. The molecule has 27 heavy (non-hydrogen) atoms. The first-order valence-electron chi connectivity index (χ1n) is 8.88. The standard InChI is InChI=1S/C20H24BrN5O/c1-12-7-6-8-17(9-12)10-25-15(4)19(14(3)24-25)22-20(27)16(5)26-11-18(21)13(2)23-26/h6-9,11,16H,10H2,1-5H3,(H,22,27)/t16-/m0/s1. The van der Waals surface area contributed by atoms with E-state index in [1.54, 1.807) is 4.68 Å². The van der Waals surface area contributed by atoms with Gasteiger partial charge >= 0.3 is 0 Å². The first-order chi connectivity index (χ1) is 12.8. The third-order valence-corrected chi connectivity index (χ3v) is 5.46. The lowest BCUT2D eigenvalue weighted by atomic mass is 10.1. The van der Waals surface area contributed by atoms with Gasteiger partial charge in [0, 0.05) is 6.20 Å². The van der Waals surface area contributed by atoms with Crippen LogP contribution in [0.1, 0.15) is 41.2 Å². The number of rotatable bonds is 5. The van der Waals surface area contributed by atoms with E-state index in [1.165, 1.54) is 11.1 Å². The molecule has 0 aliphatic heterocycles. The van der Waals surface area contributed by atoms with Gasteiger partial charge in [0.15, 0.2) is 0 Å². The predicted octanol–water partition coefficient (Wildman–Crippen LogP) is 4.32. The van der Waals surface area contributed by atoms with Gasteiger partial charge in [-0.25, -0.2) is 0 Å². The molecule has 3 rings (SSSR count). The molecule has 7 heteroatoms. The zero-order chi connectivity index (χ0) is 19.7. The number of nitrogens with zero attached hydrogens (tertiary/aromatic N) is 4. The molecule has 1 atom stereocenters. The molecule has 1 amide bonds. The zero-order valence-corrected chi connectivity index (χ0v) is 17.8. The van der Waals surface area contributed by atoms with Crippen LogP contribution in [0.3, 0.4) is 0 Å². The Morgan fingerprint density at radius 1 is 1.19 bits per heavy atom.